The molecule has 1 saturated heterocycles. The molecule has 3 aromatic rings. The molecule has 29 heavy (non-hydrogen) atoms. The van der Waals surface area contributed by atoms with Crippen molar-refractivity contribution in [3.63, 3.8) is 0 Å². The highest BCUT2D eigenvalue weighted by Crippen LogP contribution is 2.21. The number of hydrogen-bond donors (Lipinski definition) is 1. The zero-order chi connectivity index (χ0) is 20.1. The molecule has 2 aromatic heterocycles. The van der Waals surface area contributed by atoms with Gasteiger partial charge in [0.25, 0.3) is 5.91 Å². The number of ether oxygens (including phenoxy) is 1. The van der Waals surface area contributed by atoms with Crippen molar-refractivity contribution in [3.05, 3.63) is 66.7 Å². The van der Waals surface area contributed by atoms with Crippen LogP contribution in [0.15, 0.2) is 61.1 Å². The van der Waals surface area contributed by atoms with Crippen LogP contribution in [-0.4, -0.2) is 59.0 Å². The predicted molar refractivity (Wildman–Crippen MR) is 111 cm³/mol. The van der Waals surface area contributed by atoms with Gasteiger partial charge >= 0.3 is 0 Å². The summed E-state index contributed by atoms with van der Waals surface area (Å²) in [6, 6.07) is 13.0. The highest BCUT2D eigenvalue weighted by atomic mass is 16.5. The molecule has 1 amide bonds. The summed E-state index contributed by atoms with van der Waals surface area (Å²) in [6.45, 7) is 2.63. The molecule has 3 heterocycles. The minimum atomic E-state index is -0.0634. The summed E-state index contributed by atoms with van der Waals surface area (Å²) >= 11 is 0. The molecule has 0 saturated carbocycles. The van der Waals surface area contributed by atoms with Crippen molar-refractivity contribution < 1.29 is 9.53 Å². The quantitative estimate of drug-likeness (QED) is 0.717. The summed E-state index contributed by atoms with van der Waals surface area (Å²) in [4.78, 5) is 29.6. The number of aromatic nitrogens is 3. The van der Waals surface area contributed by atoms with E-state index in [1.54, 1.807) is 37.8 Å². The molecule has 1 aromatic carbocycles. The number of rotatable bonds is 5. The summed E-state index contributed by atoms with van der Waals surface area (Å²) in [5, 5.41) is 3.26. The number of hydrogen-bond acceptors (Lipinski definition) is 7. The first kappa shape index (κ1) is 18.7. The molecule has 148 valence electrons. The number of piperazine rings is 1. The van der Waals surface area contributed by atoms with Crippen LogP contribution in [0, 0.1) is 0 Å². The second-order valence-corrected chi connectivity index (χ2v) is 6.62. The average molecular weight is 390 g/mol. The molecule has 1 aliphatic heterocycles. The van der Waals surface area contributed by atoms with Gasteiger partial charge in [0.05, 0.1) is 19.0 Å². The van der Waals surface area contributed by atoms with Gasteiger partial charge in [-0.1, -0.05) is 6.07 Å². The van der Waals surface area contributed by atoms with Gasteiger partial charge in [-0.25, -0.2) is 15.0 Å². The number of benzene rings is 1. The van der Waals surface area contributed by atoms with Crippen LogP contribution < -0.4 is 15.0 Å². The molecule has 0 atom stereocenters. The van der Waals surface area contributed by atoms with Crippen LogP contribution in [0.2, 0.25) is 0 Å². The zero-order valence-corrected chi connectivity index (χ0v) is 16.2. The molecular formula is C21H22N6O2. The van der Waals surface area contributed by atoms with Gasteiger partial charge in [-0.2, -0.15) is 0 Å². The van der Waals surface area contributed by atoms with E-state index in [2.05, 4.69) is 25.2 Å². The van der Waals surface area contributed by atoms with E-state index in [-0.39, 0.29) is 5.91 Å². The Bertz CT molecular complexity index is 956. The SMILES string of the molecule is COc1cccc(Nc2ccc(C(=O)N3CCN(c4ncccn4)CC3)nc2)c1. The maximum atomic E-state index is 12.8. The third-order valence-corrected chi connectivity index (χ3v) is 4.74. The first-order valence-corrected chi connectivity index (χ1v) is 9.41. The third-order valence-electron chi connectivity index (χ3n) is 4.74. The van der Waals surface area contributed by atoms with Crippen molar-refractivity contribution in [1.29, 1.82) is 0 Å². The van der Waals surface area contributed by atoms with Crippen molar-refractivity contribution in [2.45, 2.75) is 0 Å². The third kappa shape index (κ3) is 4.43. The minimum absolute atomic E-state index is 0.0634. The number of amides is 1. The average Bonchev–Trinajstić information content (AvgIpc) is 2.80. The summed E-state index contributed by atoms with van der Waals surface area (Å²) in [5.41, 5.74) is 2.14. The van der Waals surface area contributed by atoms with Crippen LogP contribution in [-0.2, 0) is 0 Å². The van der Waals surface area contributed by atoms with Crippen molar-refractivity contribution in [2.24, 2.45) is 0 Å². The maximum Gasteiger partial charge on any atom is 0.272 e. The molecule has 8 nitrogen and oxygen atoms in total. The Morgan fingerprint density at radius 2 is 1.76 bits per heavy atom. The van der Waals surface area contributed by atoms with Gasteiger partial charge in [-0.05, 0) is 30.3 Å². The van der Waals surface area contributed by atoms with Gasteiger partial charge in [0.2, 0.25) is 5.95 Å². The topological polar surface area (TPSA) is 83.5 Å². The van der Waals surface area contributed by atoms with Crippen LogP contribution in [0.4, 0.5) is 17.3 Å². The first-order valence-electron chi connectivity index (χ1n) is 9.41. The number of nitrogens with zero attached hydrogens (tertiary/aromatic N) is 5. The van der Waals surface area contributed by atoms with E-state index < -0.39 is 0 Å². The highest BCUT2D eigenvalue weighted by Gasteiger charge is 2.24. The Morgan fingerprint density at radius 1 is 0.966 bits per heavy atom. The van der Waals surface area contributed by atoms with Crippen LogP contribution in [0.5, 0.6) is 5.75 Å². The molecule has 8 heteroatoms. The number of methoxy groups -OCH3 is 1. The summed E-state index contributed by atoms with van der Waals surface area (Å²) in [5.74, 6) is 1.41. The van der Waals surface area contributed by atoms with E-state index in [9.17, 15) is 4.79 Å². The lowest BCUT2D eigenvalue weighted by Gasteiger charge is -2.34. The Labute approximate surface area is 169 Å². The normalized spacial score (nSPS) is 13.8. The standard InChI is InChI=1S/C21H22N6O2/c1-29-18-5-2-4-16(14-18)25-17-6-7-19(24-15-17)20(28)26-10-12-27(13-11-26)21-22-8-3-9-23-21/h2-9,14-15,25H,10-13H2,1H3. The van der Waals surface area contributed by atoms with Gasteiger partial charge < -0.3 is 19.9 Å². The van der Waals surface area contributed by atoms with Crippen LogP contribution in [0.3, 0.4) is 0 Å². The van der Waals surface area contributed by atoms with Crippen molar-refractivity contribution >= 4 is 23.2 Å². The molecule has 0 radical (unpaired) electrons. The van der Waals surface area contributed by atoms with E-state index >= 15 is 0 Å². The molecule has 1 N–H and O–H groups in total. The highest BCUT2D eigenvalue weighted by molar-refractivity contribution is 5.92. The molecule has 1 aliphatic rings. The lowest BCUT2D eigenvalue weighted by molar-refractivity contribution is 0.0740. The zero-order valence-electron chi connectivity index (χ0n) is 16.2. The largest absolute Gasteiger partial charge is 0.497 e. The fourth-order valence-corrected chi connectivity index (χ4v) is 3.19. The van der Waals surface area contributed by atoms with Gasteiger partial charge in [0.1, 0.15) is 11.4 Å². The molecule has 0 spiro atoms. The van der Waals surface area contributed by atoms with Crippen LogP contribution in [0.1, 0.15) is 10.5 Å². The lowest BCUT2D eigenvalue weighted by Crippen LogP contribution is -2.49. The van der Waals surface area contributed by atoms with E-state index in [0.717, 1.165) is 17.1 Å². The molecule has 0 aliphatic carbocycles. The van der Waals surface area contributed by atoms with E-state index in [0.29, 0.717) is 37.8 Å². The van der Waals surface area contributed by atoms with E-state index in [4.69, 9.17) is 4.74 Å². The van der Waals surface area contributed by atoms with Gasteiger partial charge in [0.15, 0.2) is 0 Å². The Kier molecular flexibility index (Phi) is 5.51. The molecule has 1 fully saturated rings. The summed E-state index contributed by atoms with van der Waals surface area (Å²) in [7, 11) is 1.63. The Balaban J connectivity index is 1.36. The van der Waals surface area contributed by atoms with Crippen molar-refractivity contribution in [2.75, 3.05) is 43.5 Å². The molecular weight excluding hydrogens is 368 g/mol. The van der Waals surface area contributed by atoms with Crippen molar-refractivity contribution in [1.82, 2.24) is 19.9 Å². The number of carbonyl (C=O) groups excluding carboxylic acids is 1. The summed E-state index contributed by atoms with van der Waals surface area (Å²) < 4.78 is 5.23. The van der Waals surface area contributed by atoms with Crippen molar-refractivity contribution in [3.8, 4) is 5.75 Å². The Morgan fingerprint density at radius 3 is 2.45 bits per heavy atom. The minimum Gasteiger partial charge on any atom is -0.497 e. The second-order valence-electron chi connectivity index (χ2n) is 6.62. The van der Waals surface area contributed by atoms with Gasteiger partial charge in [0, 0.05) is 50.3 Å². The van der Waals surface area contributed by atoms with Crippen LogP contribution in [0.25, 0.3) is 0 Å². The van der Waals surface area contributed by atoms with Crippen LogP contribution >= 0.6 is 0 Å². The number of nitrogens with one attached hydrogen (secondary N) is 1. The first-order chi connectivity index (χ1) is 14.2. The summed E-state index contributed by atoms with van der Waals surface area (Å²) in [6.07, 6.45) is 5.12. The Hall–Kier alpha value is -3.68. The van der Waals surface area contributed by atoms with E-state index in [1.807, 2.05) is 35.2 Å². The number of carbonyl (C=O) groups is 1. The maximum absolute atomic E-state index is 12.8. The fourth-order valence-electron chi connectivity index (χ4n) is 3.19. The molecule has 4 rings (SSSR count). The monoisotopic (exact) mass is 390 g/mol. The molecule has 0 unspecified atom stereocenters. The van der Waals surface area contributed by atoms with Gasteiger partial charge in [-0.15, -0.1) is 0 Å². The number of pyridine rings is 1. The van der Waals surface area contributed by atoms with E-state index in [1.165, 1.54) is 0 Å². The number of anilines is 3. The predicted octanol–water partition coefficient (Wildman–Crippen LogP) is 2.59. The lowest BCUT2D eigenvalue weighted by atomic mass is 10.2. The van der Waals surface area contributed by atoms with Gasteiger partial charge in [-0.3, -0.25) is 4.79 Å². The fraction of sp³-hybridized carbons (Fsp3) is 0.238. The molecule has 0 bridgehead atoms. The second kappa shape index (κ2) is 8.55. The smallest absolute Gasteiger partial charge is 0.272 e.